The molecule has 1 aliphatic rings. The number of hydrogen-bond donors (Lipinski definition) is 3. The normalized spacial score (nSPS) is 21.2. The highest BCUT2D eigenvalue weighted by Crippen LogP contribution is 2.44. The molecule has 0 heterocycles. The molecule has 4 heteroatoms. The molecule has 2 atom stereocenters. The minimum atomic E-state index is -0.182. The van der Waals surface area contributed by atoms with Crippen molar-refractivity contribution >= 4 is 5.91 Å². The quantitative estimate of drug-likeness (QED) is 0.599. The van der Waals surface area contributed by atoms with Crippen LogP contribution in [0.4, 0.5) is 0 Å². The number of carbonyl (C=O) groups is 1. The van der Waals surface area contributed by atoms with Crippen LogP contribution in [0.1, 0.15) is 40.0 Å². The molecule has 0 radical (unpaired) electrons. The van der Waals surface area contributed by atoms with E-state index in [0.717, 1.165) is 25.8 Å². The molecular weight excluding hydrogens is 204 g/mol. The predicted octanol–water partition coefficient (Wildman–Crippen LogP) is 0.652. The molecule has 0 aliphatic heterocycles. The van der Waals surface area contributed by atoms with Gasteiger partial charge in [-0.1, -0.05) is 6.92 Å². The van der Waals surface area contributed by atoms with Gasteiger partial charge in [-0.25, -0.2) is 0 Å². The summed E-state index contributed by atoms with van der Waals surface area (Å²) in [5.41, 5.74) is 0.0604. The summed E-state index contributed by atoms with van der Waals surface area (Å²) < 4.78 is 0. The van der Waals surface area contributed by atoms with Gasteiger partial charge in [-0.2, -0.15) is 0 Å². The van der Waals surface area contributed by atoms with Gasteiger partial charge in [-0.05, 0) is 33.1 Å². The van der Waals surface area contributed by atoms with E-state index in [9.17, 15) is 4.79 Å². The lowest BCUT2D eigenvalue weighted by atomic mass is 10.1. The molecule has 0 bridgehead atoms. The molecule has 0 spiro atoms. The Labute approximate surface area is 97.8 Å². The highest BCUT2D eigenvalue weighted by molar-refractivity contribution is 5.81. The van der Waals surface area contributed by atoms with Crippen molar-refractivity contribution < 1.29 is 9.90 Å². The number of rotatable bonds is 7. The second kappa shape index (κ2) is 5.64. The van der Waals surface area contributed by atoms with Gasteiger partial charge < -0.3 is 15.7 Å². The van der Waals surface area contributed by atoms with Crippen LogP contribution in [0.5, 0.6) is 0 Å². The van der Waals surface area contributed by atoms with E-state index >= 15 is 0 Å². The van der Waals surface area contributed by atoms with Crippen LogP contribution in [-0.2, 0) is 4.79 Å². The maximum absolute atomic E-state index is 11.7. The molecule has 3 N–H and O–H groups in total. The molecule has 1 saturated carbocycles. The van der Waals surface area contributed by atoms with Crippen LogP contribution in [0.25, 0.3) is 0 Å². The van der Waals surface area contributed by atoms with Crippen LogP contribution in [0, 0.1) is 5.41 Å². The first-order valence-corrected chi connectivity index (χ1v) is 6.17. The molecule has 0 aromatic heterocycles. The lowest BCUT2D eigenvalue weighted by molar-refractivity contribution is -0.123. The van der Waals surface area contributed by atoms with Gasteiger partial charge in [0, 0.05) is 24.6 Å². The van der Waals surface area contributed by atoms with Crippen LogP contribution in [0.15, 0.2) is 0 Å². The van der Waals surface area contributed by atoms with E-state index < -0.39 is 0 Å². The molecule has 0 saturated heterocycles. The highest BCUT2D eigenvalue weighted by atomic mass is 16.3. The fraction of sp³-hybridized carbons (Fsp3) is 0.917. The van der Waals surface area contributed by atoms with Crippen LogP contribution < -0.4 is 10.6 Å². The fourth-order valence-electron chi connectivity index (χ4n) is 1.50. The average Bonchev–Trinajstić information content (AvgIpc) is 3.06. The van der Waals surface area contributed by atoms with Crippen LogP contribution in [0.2, 0.25) is 0 Å². The van der Waals surface area contributed by atoms with Gasteiger partial charge in [0.25, 0.3) is 0 Å². The topological polar surface area (TPSA) is 61.4 Å². The Hall–Kier alpha value is -0.610. The van der Waals surface area contributed by atoms with Crippen molar-refractivity contribution in [2.45, 2.75) is 52.1 Å². The summed E-state index contributed by atoms with van der Waals surface area (Å²) >= 11 is 0. The van der Waals surface area contributed by atoms with Crippen molar-refractivity contribution in [1.82, 2.24) is 10.6 Å². The van der Waals surface area contributed by atoms with E-state index in [0.29, 0.717) is 0 Å². The Kier molecular flexibility index (Phi) is 4.74. The first-order valence-electron chi connectivity index (χ1n) is 6.17. The minimum Gasteiger partial charge on any atom is -0.396 e. The second-order valence-electron chi connectivity index (χ2n) is 5.08. The smallest absolute Gasteiger partial charge is 0.237 e. The molecule has 0 aromatic rings. The van der Waals surface area contributed by atoms with Crippen LogP contribution >= 0.6 is 0 Å². The molecule has 16 heavy (non-hydrogen) atoms. The average molecular weight is 228 g/mol. The van der Waals surface area contributed by atoms with E-state index in [4.69, 9.17) is 5.11 Å². The molecule has 4 nitrogen and oxygen atoms in total. The fourth-order valence-corrected chi connectivity index (χ4v) is 1.50. The first kappa shape index (κ1) is 13.5. The summed E-state index contributed by atoms with van der Waals surface area (Å²) in [6.45, 7) is 6.87. The summed E-state index contributed by atoms with van der Waals surface area (Å²) in [7, 11) is 0. The molecule has 1 amide bonds. The summed E-state index contributed by atoms with van der Waals surface area (Å²) in [6.07, 6.45) is 3.07. The summed E-state index contributed by atoms with van der Waals surface area (Å²) in [5, 5.41) is 15.3. The number of carbonyl (C=O) groups excluding carboxylic acids is 1. The Bertz CT molecular complexity index is 239. The van der Waals surface area contributed by atoms with E-state index in [-0.39, 0.29) is 30.0 Å². The minimum absolute atomic E-state index is 0.0445. The molecule has 1 fully saturated rings. The molecule has 1 rings (SSSR count). The van der Waals surface area contributed by atoms with Gasteiger partial charge in [-0.3, -0.25) is 4.79 Å². The van der Waals surface area contributed by atoms with Gasteiger partial charge in [0.1, 0.15) is 0 Å². The van der Waals surface area contributed by atoms with E-state index in [1.165, 1.54) is 0 Å². The van der Waals surface area contributed by atoms with Crippen molar-refractivity contribution in [2.24, 2.45) is 5.41 Å². The molecule has 1 aliphatic carbocycles. The lowest BCUT2D eigenvalue weighted by Crippen LogP contribution is -2.47. The number of hydrogen-bond acceptors (Lipinski definition) is 3. The van der Waals surface area contributed by atoms with Gasteiger partial charge in [0.15, 0.2) is 0 Å². The van der Waals surface area contributed by atoms with Crippen LogP contribution in [-0.4, -0.2) is 36.2 Å². The standard InChI is InChI=1S/C12H24N2O2/c1-4-9(2)14-11(16)10(3)13-7-12(8-15)5-6-12/h9-10,13,15H,4-8H2,1-3H3,(H,14,16). The number of aliphatic hydroxyl groups excluding tert-OH is 1. The Morgan fingerprint density at radius 3 is 2.50 bits per heavy atom. The Balaban J connectivity index is 2.23. The third-order valence-corrected chi connectivity index (χ3v) is 3.47. The van der Waals surface area contributed by atoms with Crippen molar-refractivity contribution in [3.63, 3.8) is 0 Å². The van der Waals surface area contributed by atoms with Crippen LogP contribution in [0.3, 0.4) is 0 Å². The maximum Gasteiger partial charge on any atom is 0.237 e. The van der Waals surface area contributed by atoms with Crippen molar-refractivity contribution in [2.75, 3.05) is 13.2 Å². The van der Waals surface area contributed by atoms with Gasteiger partial charge >= 0.3 is 0 Å². The summed E-state index contributed by atoms with van der Waals surface area (Å²) in [4.78, 5) is 11.7. The predicted molar refractivity (Wildman–Crippen MR) is 64.1 cm³/mol. The molecule has 2 unspecified atom stereocenters. The van der Waals surface area contributed by atoms with E-state index in [2.05, 4.69) is 10.6 Å². The van der Waals surface area contributed by atoms with Gasteiger partial charge in [0.05, 0.1) is 6.04 Å². The third-order valence-electron chi connectivity index (χ3n) is 3.47. The largest absolute Gasteiger partial charge is 0.396 e. The number of amides is 1. The Morgan fingerprint density at radius 1 is 1.44 bits per heavy atom. The number of nitrogens with one attached hydrogen (secondary N) is 2. The van der Waals surface area contributed by atoms with Gasteiger partial charge in [0.2, 0.25) is 5.91 Å². The molecule has 94 valence electrons. The molecule has 0 aromatic carbocycles. The number of aliphatic hydroxyl groups is 1. The zero-order valence-corrected chi connectivity index (χ0v) is 10.5. The van der Waals surface area contributed by atoms with Crippen molar-refractivity contribution in [3.05, 3.63) is 0 Å². The third kappa shape index (κ3) is 3.76. The Morgan fingerprint density at radius 2 is 2.06 bits per heavy atom. The van der Waals surface area contributed by atoms with E-state index in [1.807, 2.05) is 20.8 Å². The van der Waals surface area contributed by atoms with Gasteiger partial charge in [-0.15, -0.1) is 0 Å². The van der Waals surface area contributed by atoms with Crippen molar-refractivity contribution in [1.29, 1.82) is 0 Å². The molecular formula is C12H24N2O2. The lowest BCUT2D eigenvalue weighted by Gasteiger charge is -2.20. The summed E-state index contributed by atoms with van der Waals surface area (Å²) in [6, 6.07) is 0.0440. The summed E-state index contributed by atoms with van der Waals surface area (Å²) in [5.74, 6) is 0.0445. The van der Waals surface area contributed by atoms with Crippen molar-refractivity contribution in [3.8, 4) is 0 Å². The SMILES string of the molecule is CCC(C)NC(=O)C(C)NCC1(CO)CC1. The second-order valence-corrected chi connectivity index (χ2v) is 5.08. The monoisotopic (exact) mass is 228 g/mol. The highest BCUT2D eigenvalue weighted by Gasteiger charge is 2.41. The maximum atomic E-state index is 11.7. The first-order chi connectivity index (χ1) is 7.53. The van der Waals surface area contributed by atoms with E-state index in [1.54, 1.807) is 0 Å². The zero-order valence-electron chi connectivity index (χ0n) is 10.5. The zero-order chi connectivity index (χ0) is 12.2.